The topological polar surface area (TPSA) is 15.3 Å². The summed E-state index contributed by atoms with van der Waals surface area (Å²) in [5, 5.41) is 3.38. The summed E-state index contributed by atoms with van der Waals surface area (Å²) < 4.78 is 14.2. The van der Waals surface area contributed by atoms with Crippen LogP contribution in [0.5, 0.6) is 0 Å². The Bertz CT molecular complexity index is 409. The van der Waals surface area contributed by atoms with E-state index in [0.29, 0.717) is 6.04 Å². The van der Waals surface area contributed by atoms with Crippen molar-refractivity contribution in [3.05, 3.63) is 29.6 Å². The number of piperidine rings is 1. The van der Waals surface area contributed by atoms with Crippen molar-refractivity contribution in [1.29, 1.82) is 0 Å². The van der Waals surface area contributed by atoms with Crippen molar-refractivity contribution >= 4 is 5.69 Å². The van der Waals surface area contributed by atoms with E-state index in [1.54, 1.807) is 6.07 Å². The van der Waals surface area contributed by atoms with E-state index < -0.39 is 0 Å². The Hall–Kier alpha value is -1.09. The van der Waals surface area contributed by atoms with Crippen LogP contribution in [0.3, 0.4) is 0 Å². The van der Waals surface area contributed by atoms with E-state index in [2.05, 4.69) is 31.0 Å². The third-order valence-electron chi connectivity index (χ3n) is 3.87. The van der Waals surface area contributed by atoms with Gasteiger partial charge in [0, 0.05) is 25.7 Å². The van der Waals surface area contributed by atoms with E-state index in [1.165, 1.54) is 0 Å². The van der Waals surface area contributed by atoms with Crippen molar-refractivity contribution in [3.8, 4) is 0 Å². The van der Waals surface area contributed by atoms with Gasteiger partial charge < -0.3 is 10.2 Å². The number of para-hydroxylation sites is 1. The molecule has 0 amide bonds. The first kappa shape index (κ1) is 14.3. The second kappa shape index (κ2) is 6.38. The maximum absolute atomic E-state index is 14.2. The first-order valence-corrected chi connectivity index (χ1v) is 7.33. The van der Waals surface area contributed by atoms with Crippen molar-refractivity contribution in [1.82, 2.24) is 5.32 Å². The van der Waals surface area contributed by atoms with Gasteiger partial charge in [0.1, 0.15) is 5.82 Å². The zero-order valence-electron chi connectivity index (χ0n) is 12.2. The van der Waals surface area contributed by atoms with Crippen LogP contribution in [-0.2, 0) is 6.54 Å². The zero-order chi connectivity index (χ0) is 13.8. The highest BCUT2D eigenvalue weighted by molar-refractivity contribution is 5.55. The largest absolute Gasteiger partial charge is 0.369 e. The molecule has 1 aromatic carbocycles. The summed E-state index contributed by atoms with van der Waals surface area (Å²) in [6.07, 6.45) is 2.32. The van der Waals surface area contributed by atoms with Gasteiger partial charge >= 0.3 is 0 Å². The maximum atomic E-state index is 14.2. The van der Waals surface area contributed by atoms with Gasteiger partial charge in [0.05, 0.1) is 5.69 Å². The predicted molar refractivity (Wildman–Crippen MR) is 79.0 cm³/mol. The van der Waals surface area contributed by atoms with Crippen LogP contribution in [0, 0.1) is 11.7 Å². The molecule has 0 spiro atoms. The third kappa shape index (κ3) is 3.69. The Kier molecular flexibility index (Phi) is 4.81. The number of nitrogens with one attached hydrogen (secondary N) is 1. The van der Waals surface area contributed by atoms with E-state index in [1.807, 2.05) is 12.1 Å². The van der Waals surface area contributed by atoms with Crippen LogP contribution in [0.2, 0.25) is 0 Å². The summed E-state index contributed by atoms with van der Waals surface area (Å²) in [7, 11) is 0. The Labute approximate surface area is 116 Å². The van der Waals surface area contributed by atoms with Crippen molar-refractivity contribution < 1.29 is 4.39 Å². The molecule has 0 bridgehead atoms. The van der Waals surface area contributed by atoms with Crippen LogP contribution in [0.4, 0.5) is 10.1 Å². The number of benzene rings is 1. The van der Waals surface area contributed by atoms with E-state index in [9.17, 15) is 4.39 Å². The van der Waals surface area contributed by atoms with E-state index in [4.69, 9.17) is 0 Å². The Balaban J connectivity index is 2.17. The van der Waals surface area contributed by atoms with Crippen LogP contribution in [-0.4, -0.2) is 19.1 Å². The normalized spacial score (nSPS) is 17.2. The minimum absolute atomic E-state index is 0.0855. The minimum atomic E-state index is -0.0855. The second-order valence-electron chi connectivity index (χ2n) is 5.95. The Morgan fingerprint density at radius 2 is 2.00 bits per heavy atom. The molecule has 1 N–H and O–H groups in total. The van der Waals surface area contributed by atoms with Gasteiger partial charge in [0.2, 0.25) is 0 Å². The molecule has 1 saturated heterocycles. The third-order valence-corrected chi connectivity index (χ3v) is 3.87. The fraction of sp³-hybridized carbons (Fsp3) is 0.625. The van der Waals surface area contributed by atoms with Crippen molar-refractivity contribution in [2.45, 2.75) is 46.2 Å². The highest BCUT2D eigenvalue weighted by Crippen LogP contribution is 2.29. The van der Waals surface area contributed by atoms with Gasteiger partial charge in [-0.05, 0) is 30.4 Å². The summed E-state index contributed by atoms with van der Waals surface area (Å²) in [5.41, 5.74) is 1.88. The quantitative estimate of drug-likeness (QED) is 0.894. The number of rotatable bonds is 4. The monoisotopic (exact) mass is 264 g/mol. The SMILES string of the molecule is CC1CCN(c2c(F)cccc2CNC(C)C)CC1. The van der Waals surface area contributed by atoms with Gasteiger partial charge in [0.25, 0.3) is 0 Å². The molecule has 0 aromatic heterocycles. The number of halogens is 1. The summed E-state index contributed by atoms with van der Waals surface area (Å²) in [6, 6.07) is 5.83. The summed E-state index contributed by atoms with van der Waals surface area (Å²) >= 11 is 0. The van der Waals surface area contributed by atoms with Gasteiger partial charge in [-0.15, -0.1) is 0 Å². The van der Waals surface area contributed by atoms with Crippen LogP contribution in [0.1, 0.15) is 39.2 Å². The molecule has 0 unspecified atom stereocenters. The van der Waals surface area contributed by atoms with Crippen molar-refractivity contribution in [2.75, 3.05) is 18.0 Å². The number of anilines is 1. The minimum Gasteiger partial charge on any atom is -0.369 e. The van der Waals surface area contributed by atoms with Gasteiger partial charge in [-0.25, -0.2) is 4.39 Å². The van der Waals surface area contributed by atoms with Gasteiger partial charge in [0.15, 0.2) is 0 Å². The lowest BCUT2D eigenvalue weighted by Gasteiger charge is -2.33. The molecular weight excluding hydrogens is 239 g/mol. The van der Waals surface area contributed by atoms with Crippen LogP contribution in [0.25, 0.3) is 0 Å². The van der Waals surface area contributed by atoms with E-state index in [0.717, 1.165) is 49.6 Å². The van der Waals surface area contributed by atoms with Crippen LogP contribution in [0.15, 0.2) is 18.2 Å². The lowest BCUT2D eigenvalue weighted by atomic mass is 9.98. The molecule has 0 atom stereocenters. The summed E-state index contributed by atoms with van der Waals surface area (Å²) in [5.74, 6) is 0.679. The first-order valence-electron chi connectivity index (χ1n) is 7.33. The number of nitrogens with zero attached hydrogens (tertiary/aromatic N) is 1. The fourth-order valence-electron chi connectivity index (χ4n) is 2.60. The summed E-state index contributed by atoms with van der Waals surface area (Å²) in [4.78, 5) is 2.21. The molecule has 2 rings (SSSR count). The average molecular weight is 264 g/mol. The molecule has 0 aliphatic carbocycles. The smallest absolute Gasteiger partial charge is 0.146 e. The summed E-state index contributed by atoms with van der Waals surface area (Å²) in [6.45, 7) is 9.17. The maximum Gasteiger partial charge on any atom is 0.146 e. The van der Waals surface area contributed by atoms with Crippen molar-refractivity contribution in [3.63, 3.8) is 0 Å². The molecular formula is C16H25FN2. The lowest BCUT2D eigenvalue weighted by molar-refractivity contribution is 0.433. The second-order valence-corrected chi connectivity index (χ2v) is 5.95. The van der Waals surface area contributed by atoms with Crippen LogP contribution < -0.4 is 10.2 Å². The molecule has 0 radical (unpaired) electrons. The standard InChI is InChI=1S/C16H25FN2/c1-12(2)18-11-14-5-4-6-15(17)16(14)19-9-7-13(3)8-10-19/h4-6,12-13,18H,7-11H2,1-3H3. The average Bonchev–Trinajstić information content (AvgIpc) is 2.38. The molecule has 1 fully saturated rings. The molecule has 19 heavy (non-hydrogen) atoms. The number of hydrogen-bond acceptors (Lipinski definition) is 2. The molecule has 1 heterocycles. The van der Waals surface area contributed by atoms with Crippen molar-refractivity contribution in [2.24, 2.45) is 5.92 Å². The van der Waals surface area contributed by atoms with Gasteiger partial charge in [-0.2, -0.15) is 0 Å². The Morgan fingerprint density at radius 1 is 1.32 bits per heavy atom. The van der Waals surface area contributed by atoms with Gasteiger partial charge in [-0.1, -0.05) is 32.9 Å². The molecule has 0 saturated carbocycles. The zero-order valence-corrected chi connectivity index (χ0v) is 12.2. The first-order chi connectivity index (χ1) is 9.08. The molecule has 1 aliphatic heterocycles. The molecule has 1 aromatic rings. The van der Waals surface area contributed by atoms with Gasteiger partial charge in [-0.3, -0.25) is 0 Å². The molecule has 1 aliphatic rings. The fourth-order valence-corrected chi connectivity index (χ4v) is 2.60. The molecule has 106 valence electrons. The van der Waals surface area contributed by atoms with Crippen LogP contribution >= 0.6 is 0 Å². The predicted octanol–water partition coefficient (Wildman–Crippen LogP) is 3.56. The van der Waals surface area contributed by atoms with E-state index >= 15 is 0 Å². The highest BCUT2D eigenvalue weighted by Gasteiger charge is 2.21. The number of hydrogen-bond donors (Lipinski definition) is 1. The molecule has 3 heteroatoms. The Morgan fingerprint density at radius 3 is 2.63 bits per heavy atom. The highest BCUT2D eigenvalue weighted by atomic mass is 19.1. The lowest BCUT2D eigenvalue weighted by Crippen LogP contribution is -2.35. The molecule has 2 nitrogen and oxygen atoms in total. The van der Waals surface area contributed by atoms with E-state index in [-0.39, 0.29) is 5.82 Å².